The Balaban J connectivity index is 1.61. The van der Waals surface area contributed by atoms with Crippen molar-refractivity contribution in [2.75, 3.05) is 31.1 Å². The molecule has 0 spiro atoms. The molecule has 0 radical (unpaired) electrons. The van der Waals surface area contributed by atoms with E-state index in [2.05, 4.69) is 41.4 Å². The lowest BCUT2D eigenvalue weighted by Gasteiger charge is -2.38. The molecule has 1 fully saturated rings. The van der Waals surface area contributed by atoms with E-state index in [1.165, 1.54) is 17.5 Å². The molecule has 1 aromatic carbocycles. The summed E-state index contributed by atoms with van der Waals surface area (Å²) < 4.78 is 5.13. The Hall–Kier alpha value is -2.76. The number of benzene rings is 1. The molecule has 0 unspecified atom stereocenters. The highest BCUT2D eigenvalue weighted by molar-refractivity contribution is 5.95. The summed E-state index contributed by atoms with van der Waals surface area (Å²) in [6.45, 7) is 8.82. The zero-order valence-electron chi connectivity index (χ0n) is 16.1. The van der Waals surface area contributed by atoms with E-state index >= 15 is 0 Å². The molecule has 6 nitrogen and oxygen atoms in total. The highest BCUT2D eigenvalue weighted by Gasteiger charge is 2.31. The van der Waals surface area contributed by atoms with Crippen LogP contribution in [-0.4, -0.2) is 48.9 Å². The molecule has 1 aliphatic rings. The summed E-state index contributed by atoms with van der Waals surface area (Å²) >= 11 is 0. The molecule has 1 N–H and O–H groups in total. The number of hydrogen-bond donors (Lipinski definition) is 1. The maximum Gasteiger partial charge on any atom is 0.287 e. The van der Waals surface area contributed by atoms with Crippen molar-refractivity contribution >= 4 is 17.5 Å². The van der Waals surface area contributed by atoms with E-state index < -0.39 is 6.04 Å². The molecule has 3 rings (SSSR count). The number of nitrogens with one attached hydrogen (secondary N) is 1. The average Bonchev–Trinajstić information content (AvgIpc) is 3.20. The Labute approximate surface area is 160 Å². The van der Waals surface area contributed by atoms with Gasteiger partial charge in [-0.1, -0.05) is 26.0 Å². The lowest BCUT2D eigenvalue weighted by Crippen LogP contribution is -2.56. The average molecular weight is 369 g/mol. The molecular weight excluding hydrogens is 342 g/mol. The zero-order valence-corrected chi connectivity index (χ0v) is 16.1. The molecule has 2 heterocycles. The van der Waals surface area contributed by atoms with Crippen LogP contribution < -0.4 is 10.2 Å². The number of carbonyl (C=O) groups is 2. The van der Waals surface area contributed by atoms with Crippen molar-refractivity contribution < 1.29 is 14.0 Å². The fraction of sp³-hybridized carbons (Fsp3) is 0.429. The van der Waals surface area contributed by atoms with Crippen LogP contribution in [0.25, 0.3) is 0 Å². The fourth-order valence-corrected chi connectivity index (χ4v) is 3.34. The van der Waals surface area contributed by atoms with Crippen LogP contribution in [0.3, 0.4) is 0 Å². The third-order valence-electron chi connectivity index (χ3n) is 4.92. The first-order valence-electron chi connectivity index (χ1n) is 9.40. The number of hydrogen-bond acceptors (Lipinski definition) is 4. The van der Waals surface area contributed by atoms with Gasteiger partial charge in [0, 0.05) is 31.9 Å². The van der Waals surface area contributed by atoms with E-state index in [1.807, 2.05) is 18.7 Å². The number of furan rings is 1. The second kappa shape index (κ2) is 8.29. The first-order valence-corrected chi connectivity index (χ1v) is 9.40. The van der Waals surface area contributed by atoms with Gasteiger partial charge in [-0.3, -0.25) is 9.59 Å². The number of rotatable bonds is 5. The van der Waals surface area contributed by atoms with Gasteiger partial charge in [0.2, 0.25) is 5.91 Å². The number of amides is 2. The molecule has 1 aromatic heterocycles. The maximum absolute atomic E-state index is 13.0. The molecule has 1 atom stereocenters. The molecule has 0 aliphatic carbocycles. The van der Waals surface area contributed by atoms with Gasteiger partial charge in [0.15, 0.2) is 5.76 Å². The van der Waals surface area contributed by atoms with Crippen molar-refractivity contribution in [3.63, 3.8) is 0 Å². The minimum Gasteiger partial charge on any atom is -0.459 e. The van der Waals surface area contributed by atoms with Crippen molar-refractivity contribution in [2.45, 2.75) is 26.8 Å². The lowest BCUT2D eigenvalue weighted by molar-refractivity contribution is -0.134. The fourth-order valence-electron chi connectivity index (χ4n) is 3.34. The predicted octanol–water partition coefficient (Wildman–Crippen LogP) is 2.69. The van der Waals surface area contributed by atoms with Gasteiger partial charge in [0.05, 0.1) is 6.26 Å². The van der Waals surface area contributed by atoms with Crippen molar-refractivity contribution in [3.05, 3.63) is 54.0 Å². The van der Waals surface area contributed by atoms with Crippen LogP contribution >= 0.6 is 0 Å². The summed E-state index contributed by atoms with van der Waals surface area (Å²) in [6, 6.07) is 11.1. The van der Waals surface area contributed by atoms with Crippen LogP contribution in [0.15, 0.2) is 47.1 Å². The molecule has 1 saturated heterocycles. The van der Waals surface area contributed by atoms with E-state index in [0.717, 1.165) is 13.1 Å². The molecule has 27 heavy (non-hydrogen) atoms. The minimum atomic E-state index is -0.562. The predicted molar refractivity (Wildman–Crippen MR) is 105 cm³/mol. The molecular formula is C21H27N3O3. The second-order valence-corrected chi connectivity index (χ2v) is 7.32. The standard InChI is InChI=1S/C21H27N3O3/c1-15(2)19(22-20(25)18-8-5-13-27-18)21(26)24-11-9-23(10-12-24)17-7-4-6-16(3)14-17/h4-8,13-15,19H,9-12H2,1-3H3,(H,22,25)/t19-/m0/s1. The van der Waals surface area contributed by atoms with Crippen molar-refractivity contribution in [1.82, 2.24) is 10.2 Å². The number of nitrogens with zero attached hydrogens (tertiary/aromatic N) is 2. The molecule has 2 aromatic rings. The van der Waals surface area contributed by atoms with Gasteiger partial charge in [-0.25, -0.2) is 0 Å². The Morgan fingerprint density at radius 1 is 1.07 bits per heavy atom. The van der Waals surface area contributed by atoms with Crippen LogP contribution in [0.4, 0.5) is 5.69 Å². The molecule has 1 aliphatic heterocycles. The Morgan fingerprint density at radius 2 is 1.81 bits per heavy atom. The van der Waals surface area contributed by atoms with Gasteiger partial charge >= 0.3 is 0 Å². The molecule has 0 bridgehead atoms. The van der Waals surface area contributed by atoms with Gasteiger partial charge in [0.25, 0.3) is 5.91 Å². The van der Waals surface area contributed by atoms with Gasteiger partial charge in [0.1, 0.15) is 6.04 Å². The van der Waals surface area contributed by atoms with Gasteiger partial charge in [-0.2, -0.15) is 0 Å². The molecule has 0 saturated carbocycles. The summed E-state index contributed by atoms with van der Waals surface area (Å²) in [5.74, 6) is -0.178. The minimum absolute atomic E-state index is 0.00813. The van der Waals surface area contributed by atoms with Crippen molar-refractivity contribution in [3.8, 4) is 0 Å². The Bertz CT molecular complexity index is 778. The normalized spacial score (nSPS) is 15.7. The van der Waals surface area contributed by atoms with E-state index in [4.69, 9.17) is 4.42 Å². The highest BCUT2D eigenvalue weighted by atomic mass is 16.3. The largest absolute Gasteiger partial charge is 0.459 e. The quantitative estimate of drug-likeness (QED) is 0.880. The number of piperazine rings is 1. The topological polar surface area (TPSA) is 65.8 Å². The monoisotopic (exact) mass is 369 g/mol. The van der Waals surface area contributed by atoms with E-state index in [1.54, 1.807) is 12.1 Å². The second-order valence-electron chi connectivity index (χ2n) is 7.32. The lowest BCUT2D eigenvalue weighted by atomic mass is 10.0. The summed E-state index contributed by atoms with van der Waals surface area (Å²) in [5.41, 5.74) is 2.42. The van der Waals surface area contributed by atoms with E-state index in [-0.39, 0.29) is 23.5 Å². The van der Waals surface area contributed by atoms with Gasteiger partial charge in [-0.15, -0.1) is 0 Å². The Kier molecular flexibility index (Phi) is 5.84. The third-order valence-corrected chi connectivity index (χ3v) is 4.92. The molecule has 2 amide bonds. The van der Waals surface area contributed by atoms with E-state index in [0.29, 0.717) is 13.1 Å². The van der Waals surface area contributed by atoms with Crippen molar-refractivity contribution in [2.24, 2.45) is 5.92 Å². The highest BCUT2D eigenvalue weighted by Crippen LogP contribution is 2.19. The van der Waals surface area contributed by atoms with E-state index in [9.17, 15) is 9.59 Å². The number of carbonyl (C=O) groups excluding carboxylic acids is 2. The van der Waals surface area contributed by atoms with Crippen LogP contribution in [0.2, 0.25) is 0 Å². The van der Waals surface area contributed by atoms with Gasteiger partial charge < -0.3 is 19.5 Å². The summed E-state index contributed by atoms with van der Waals surface area (Å²) in [5, 5.41) is 2.83. The van der Waals surface area contributed by atoms with Gasteiger partial charge in [-0.05, 0) is 42.7 Å². The van der Waals surface area contributed by atoms with Crippen LogP contribution in [0, 0.1) is 12.8 Å². The number of aryl methyl sites for hydroxylation is 1. The molecule has 144 valence electrons. The summed E-state index contributed by atoms with van der Waals surface area (Å²) in [7, 11) is 0. The third kappa shape index (κ3) is 4.51. The first kappa shape index (κ1) is 19.0. The summed E-state index contributed by atoms with van der Waals surface area (Å²) in [4.78, 5) is 29.4. The first-order chi connectivity index (χ1) is 13.0. The maximum atomic E-state index is 13.0. The van der Waals surface area contributed by atoms with Crippen LogP contribution in [-0.2, 0) is 4.79 Å². The van der Waals surface area contributed by atoms with Crippen LogP contribution in [0.1, 0.15) is 30.0 Å². The smallest absolute Gasteiger partial charge is 0.287 e. The Morgan fingerprint density at radius 3 is 2.41 bits per heavy atom. The zero-order chi connectivity index (χ0) is 19.4. The number of anilines is 1. The van der Waals surface area contributed by atoms with Crippen LogP contribution in [0.5, 0.6) is 0 Å². The SMILES string of the molecule is Cc1cccc(N2CCN(C(=O)[C@@H](NC(=O)c3ccco3)C(C)C)CC2)c1. The van der Waals surface area contributed by atoms with Crippen molar-refractivity contribution in [1.29, 1.82) is 0 Å². The molecule has 6 heteroatoms. The summed E-state index contributed by atoms with van der Waals surface area (Å²) in [6.07, 6.45) is 1.45.